The van der Waals surface area contributed by atoms with Gasteiger partial charge in [0.25, 0.3) is 0 Å². The van der Waals surface area contributed by atoms with Gasteiger partial charge in [-0.1, -0.05) is 281 Å². The van der Waals surface area contributed by atoms with Crippen LogP contribution in [0.3, 0.4) is 0 Å². The van der Waals surface area contributed by atoms with Gasteiger partial charge in [-0.25, -0.2) is 4.57 Å². The van der Waals surface area contributed by atoms with Crippen LogP contribution in [0.5, 0.6) is 0 Å². The van der Waals surface area contributed by atoms with Gasteiger partial charge in [0.2, 0.25) is 5.91 Å². The highest BCUT2D eigenvalue weighted by Crippen LogP contribution is 2.43. The zero-order valence-electron chi connectivity index (χ0n) is 48.0. The molecule has 0 aromatic rings. The predicted molar refractivity (Wildman–Crippen MR) is 309 cm³/mol. The average molecular weight is 1020 g/mol. The highest BCUT2D eigenvalue weighted by molar-refractivity contribution is 7.47. The molecule has 1 amide bonds. The Morgan fingerprint density at radius 3 is 1.15 bits per heavy atom. The number of phosphoric acid groups is 1. The van der Waals surface area contributed by atoms with Gasteiger partial charge in [-0.2, -0.15) is 0 Å². The lowest BCUT2D eigenvalue weighted by molar-refractivity contribution is -0.870. The molecule has 0 aromatic heterocycles. The van der Waals surface area contributed by atoms with E-state index in [0.29, 0.717) is 17.4 Å². The molecule has 3 N–H and O–H groups in total. The Balaban J connectivity index is 3.88. The second kappa shape index (κ2) is 53.5. The van der Waals surface area contributed by atoms with E-state index in [4.69, 9.17) is 9.05 Å². The summed E-state index contributed by atoms with van der Waals surface area (Å²) in [4.78, 5) is 23.3. The molecule has 0 rings (SSSR count). The molecule has 0 aliphatic carbocycles. The first-order chi connectivity index (χ1) is 34.5. The molecule has 0 aromatic carbocycles. The summed E-state index contributed by atoms with van der Waals surface area (Å²) >= 11 is 0. The van der Waals surface area contributed by atoms with Crippen molar-refractivity contribution in [2.24, 2.45) is 0 Å². The number of nitrogens with one attached hydrogen (secondary N) is 1. The predicted octanol–water partition coefficient (Wildman–Crippen LogP) is 18.9. The van der Waals surface area contributed by atoms with Gasteiger partial charge in [-0.3, -0.25) is 13.8 Å². The first-order valence-corrected chi connectivity index (χ1v) is 32.4. The second-order valence-electron chi connectivity index (χ2n) is 22.4. The van der Waals surface area contributed by atoms with Crippen molar-refractivity contribution in [3.8, 4) is 0 Å². The van der Waals surface area contributed by atoms with E-state index in [1.165, 1.54) is 238 Å². The summed E-state index contributed by atoms with van der Waals surface area (Å²) in [7, 11) is 1.58. The maximum absolute atomic E-state index is 13.0. The summed E-state index contributed by atoms with van der Waals surface area (Å²) in [5.74, 6) is -0.173. The summed E-state index contributed by atoms with van der Waals surface area (Å²) in [5, 5.41) is 13.9. The number of nitrogens with zero attached hydrogens (tertiary/aromatic N) is 1. The minimum Gasteiger partial charge on any atom is -0.387 e. The van der Waals surface area contributed by atoms with Crippen molar-refractivity contribution < 1.29 is 32.9 Å². The van der Waals surface area contributed by atoms with Crippen LogP contribution >= 0.6 is 7.82 Å². The Hall–Kier alpha value is -1.28. The normalized spacial score (nSPS) is 14.1. The molecule has 9 heteroatoms. The van der Waals surface area contributed by atoms with Gasteiger partial charge in [-0.05, 0) is 51.4 Å². The Morgan fingerprint density at radius 1 is 0.479 bits per heavy atom. The first-order valence-electron chi connectivity index (χ1n) is 30.9. The molecule has 0 aliphatic heterocycles. The quantitative estimate of drug-likeness (QED) is 0.0243. The third kappa shape index (κ3) is 56.3. The highest BCUT2D eigenvalue weighted by Gasteiger charge is 2.27. The van der Waals surface area contributed by atoms with Crippen LogP contribution in [0, 0.1) is 0 Å². The number of amides is 1. The van der Waals surface area contributed by atoms with Crippen molar-refractivity contribution in [3.05, 3.63) is 36.5 Å². The van der Waals surface area contributed by atoms with Crippen molar-refractivity contribution >= 4 is 13.7 Å². The molecule has 0 heterocycles. The molecule has 0 spiro atoms. The van der Waals surface area contributed by atoms with E-state index in [-0.39, 0.29) is 19.1 Å². The molecule has 0 saturated heterocycles. The fourth-order valence-corrected chi connectivity index (χ4v) is 9.99. The second-order valence-corrected chi connectivity index (χ2v) is 23.9. The van der Waals surface area contributed by atoms with E-state index in [2.05, 4.69) is 43.5 Å². The van der Waals surface area contributed by atoms with Crippen molar-refractivity contribution in [2.45, 2.75) is 315 Å². The fraction of sp³-hybridized carbons (Fsp3) is 0.887. The van der Waals surface area contributed by atoms with Gasteiger partial charge < -0.3 is 19.8 Å². The molecule has 8 nitrogen and oxygen atoms in total. The number of hydrogen-bond acceptors (Lipinski definition) is 5. The summed E-state index contributed by atoms with van der Waals surface area (Å²) in [6.45, 7) is 4.82. The Bertz CT molecular complexity index is 1250. The number of aliphatic hydroxyl groups is 1. The van der Waals surface area contributed by atoms with E-state index in [0.717, 1.165) is 44.9 Å². The van der Waals surface area contributed by atoms with Gasteiger partial charge in [0, 0.05) is 6.42 Å². The number of allylic oxidation sites excluding steroid dienone is 5. The largest absolute Gasteiger partial charge is 0.472 e. The van der Waals surface area contributed by atoms with Crippen molar-refractivity contribution in [1.29, 1.82) is 0 Å². The monoisotopic (exact) mass is 1020 g/mol. The van der Waals surface area contributed by atoms with Crippen LogP contribution in [-0.4, -0.2) is 73.4 Å². The summed E-state index contributed by atoms with van der Waals surface area (Å²) < 4.78 is 23.7. The number of carbonyl (C=O) groups excluding carboxylic acids is 1. The van der Waals surface area contributed by atoms with Crippen molar-refractivity contribution in [1.82, 2.24) is 5.32 Å². The molecule has 71 heavy (non-hydrogen) atoms. The highest BCUT2D eigenvalue weighted by atomic mass is 31.2. The number of quaternary nitrogens is 1. The Morgan fingerprint density at radius 2 is 0.803 bits per heavy atom. The minimum atomic E-state index is -4.34. The maximum Gasteiger partial charge on any atom is 0.472 e. The van der Waals surface area contributed by atoms with Crippen molar-refractivity contribution in [3.63, 3.8) is 0 Å². The molecule has 0 bridgehead atoms. The Labute approximate surface area is 442 Å². The van der Waals surface area contributed by atoms with Crippen LogP contribution in [0.4, 0.5) is 0 Å². The number of hydrogen-bond donors (Lipinski definition) is 3. The zero-order valence-corrected chi connectivity index (χ0v) is 48.9. The van der Waals surface area contributed by atoms with Crippen LogP contribution in [0.25, 0.3) is 0 Å². The molecule has 0 aliphatic rings. The van der Waals surface area contributed by atoms with E-state index in [1.807, 2.05) is 27.2 Å². The number of aliphatic hydroxyl groups excluding tert-OH is 1. The Kier molecular flexibility index (Phi) is 52.6. The number of rotatable bonds is 57. The molecule has 420 valence electrons. The zero-order chi connectivity index (χ0) is 52.0. The minimum absolute atomic E-state index is 0.0635. The molecular formula is C62H122N2O6P+. The number of carbonyl (C=O) groups is 1. The third-order valence-electron chi connectivity index (χ3n) is 14.1. The molecular weight excluding hydrogens is 900 g/mol. The van der Waals surface area contributed by atoms with E-state index in [1.54, 1.807) is 6.08 Å². The summed E-state index contributed by atoms with van der Waals surface area (Å²) in [5.41, 5.74) is 0. The van der Waals surface area contributed by atoms with Gasteiger partial charge in [0.05, 0.1) is 39.9 Å². The van der Waals surface area contributed by atoms with Gasteiger partial charge in [0.15, 0.2) is 0 Å². The standard InChI is InChI=1S/C62H121N2O6P/c1-6-8-10-12-14-16-18-20-21-22-23-24-25-26-27-28-29-30-31-32-33-34-35-36-37-38-39-40-41-42-43-44-46-48-50-52-54-56-62(66)63-60(59-70-71(67,68)69-58-57-64(3,4)5)61(65)55-53-51-49-47-45-19-17-15-13-11-9-7-2/h18,20,22-23,53,55,60-61,65H,6-17,19,21,24-52,54,56-59H2,1-5H3,(H-,63,66,67,68)/p+1/b20-18-,23-22-,55-53+. The third-order valence-corrected chi connectivity index (χ3v) is 15.1. The van der Waals surface area contributed by atoms with Crippen molar-refractivity contribution in [2.75, 3.05) is 40.9 Å². The molecule has 0 fully saturated rings. The fourth-order valence-electron chi connectivity index (χ4n) is 9.25. The topological polar surface area (TPSA) is 105 Å². The van der Waals surface area contributed by atoms with E-state index in [9.17, 15) is 19.4 Å². The van der Waals surface area contributed by atoms with Gasteiger partial charge in [-0.15, -0.1) is 0 Å². The van der Waals surface area contributed by atoms with E-state index < -0.39 is 20.0 Å². The van der Waals surface area contributed by atoms with Gasteiger partial charge in [0.1, 0.15) is 13.2 Å². The van der Waals surface area contributed by atoms with Crippen LogP contribution in [0.15, 0.2) is 36.5 Å². The van der Waals surface area contributed by atoms with Crippen LogP contribution < -0.4 is 5.32 Å². The molecule has 0 radical (unpaired) electrons. The van der Waals surface area contributed by atoms with Crippen LogP contribution in [0.2, 0.25) is 0 Å². The summed E-state index contributed by atoms with van der Waals surface area (Å²) in [6, 6.07) is -0.843. The molecule has 3 unspecified atom stereocenters. The lowest BCUT2D eigenvalue weighted by Crippen LogP contribution is -2.45. The summed E-state index contributed by atoms with van der Waals surface area (Å²) in [6.07, 6.45) is 70.0. The number of unbranched alkanes of at least 4 members (excludes halogenated alkanes) is 40. The molecule has 0 saturated carbocycles. The lowest BCUT2D eigenvalue weighted by atomic mass is 10.0. The van der Waals surface area contributed by atoms with Gasteiger partial charge >= 0.3 is 7.82 Å². The molecule has 3 atom stereocenters. The lowest BCUT2D eigenvalue weighted by Gasteiger charge is -2.25. The number of phosphoric ester groups is 1. The van der Waals surface area contributed by atoms with Crippen LogP contribution in [0.1, 0.15) is 303 Å². The average Bonchev–Trinajstić information content (AvgIpc) is 3.33. The maximum atomic E-state index is 13.0. The van der Waals surface area contributed by atoms with E-state index >= 15 is 0 Å². The first kappa shape index (κ1) is 69.7. The van der Waals surface area contributed by atoms with Crippen LogP contribution in [-0.2, 0) is 18.4 Å². The number of likely N-dealkylation sites (N-methyl/N-ethyl adjacent to an activating group) is 1. The smallest absolute Gasteiger partial charge is 0.387 e. The SMILES string of the molecule is CCCCCCC/C=C\C/C=C\CCCCCCCCCCCCCCCCCCCCCCCCCCCC(=O)NC(COP(=O)(O)OCC[N+](C)(C)C)C(O)/C=C/CCCCCCCCCCCC.